The first-order valence-electron chi connectivity index (χ1n) is 10.8. The summed E-state index contributed by atoms with van der Waals surface area (Å²) in [6.07, 6.45) is -0.132. The molecule has 11 heteroatoms. The van der Waals surface area contributed by atoms with Crippen LogP contribution in [0.3, 0.4) is 0 Å². The van der Waals surface area contributed by atoms with E-state index in [1.807, 2.05) is 13.8 Å². The van der Waals surface area contributed by atoms with Crippen LogP contribution in [0, 0.1) is 11.8 Å². The first-order valence-corrected chi connectivity index (χ1v) is 10.8. The maximum atomic E-state index is 13.1. The predicted octanol–water partition coefficient (Wildman–Crippen LogP) is 1.21. The predicted molar refractivity (Wildman–Crippen MR) is 114 cm³/mol. The Labute approximate surface area is 187 Å². The zero-order valence-electron chi connectivity index (χ0n) is 19.3. The fraction of sp³-hybridized carbons (Fsp3) is 0.762. The van der Waals surface area contributed by atoms with Crippen LogP contribution in [0.4, 0.5) is 4.79 Å². The molecular weight excluding hydrogens is 422 g/mol. The molecule has 4 N–H and O–H groups in total. The lowest BCUT2D eigenvalue weighted by Crippen LogP contribution is -2.55. The molecule has 1 unspecified atom stereocenters. The number of likely N-dealkylation sites (tertiary alicyclic amines) is 1. The van der Waals surface area contributed by atoms with Gasteiger partial charge in [-0.25, -0.2) is 9.59 Å². The largest absolute Gasteiger partial charge is 0.481 e. The number of carboxylic acid groups (broad SMARTS) is 2. The van der Waals surface area contributed by atoms with Crippen LogP contribution in [-0.4, -0.2) is 75.7 Å². The van der Waals surface area contributed by atoms with E-state index in [0.717, 1.165) is 0 Å². The Hall–Kier alpha value is -2.85. The van der Waals surface area contributed by atoms with Crippen LogP contribution in [0.5, 0.6) is 0 Å². The Morgan fingerprint density at radius 1 is 1.06 bits per heavy atom. The number of amides is 3. The zero-order valence-corrected chi connectivity index (χ0v) is 19.3. The van der Waals surface area contributed by atoms with E-state index in [9.17, 15) is 24.0 Å². The third-order valence-electron chi connectivity index (χ3n) is 5.32. The number of nitrogens with one attached hydrogen (secondary N) is 2. The quantitative estimate of drug-likeness (QED) is 0.401. The molecule has 0 saturated carbocycles. The van der Waals surface area contributed by atoms with Gasteiger partial charge in [0.25, 0.3) is 0 Å². The van der Waals surface area contributed by atoms with Gasteiger partial charge < -0.3 is 30.5 Å². The number of carbonyl (C=O) groups is 5. The molecule has 1 rings (SSSR count). The van der Waals surface area contributed by atoms with Gasteiger partial charge in [0.05, 0.1) is 6.42 Å². The molecule has 3 atom stereocenters. The fourth-order valence-corrected chi connectivity index (χ4v) is 3.34. The van der Waals surface area contributed by atoms with E-state index in [1.54, 1.807) is 25.7 Å². The molecule has 1 saturated heterocycles. The number of hydrogen-bond acceptors (Lipinski definition) is 6. The van der Waals surface area contributed by atoms with Crippen LogP contribution in [-0.2, 0) is 23.9 Å². The smallest absolute Gasteiger partial charge is 0.408 e. The monoisotopic (exact) mass is 457 g/mol. The molecule has 0 aromatic rings. The van der Waals surface area contributed by atoms with E-state index < -0.39 is 54.0 Å². The van der Waals surface area contributed by atoms with Gasteiger partial charge in [0.2, 0.25) is 11.8 Å². The first-order chi connectivity index (χ1) is 14.7. The van der Waals surface area contributed by atoms with Crippen LogP contribution >= 0.6 is 0 Å². The standard InChI is InChI=1S/C21H35N3O8/c1-6-12(2)16(23-20(31)32-21(3,4)5)18(28)24-9-7-13(8-10-24)17(27)22-14(19(29)30)11-15(25)26/h12-14,16H,6-11H2,1-5H3,(H,22,27)(H,23,31)(H,25,26)(H,29,30)/t12?,14-,16-/m0/s1. The van der Waals surface area contributed by atoms with Gasteiger partial charge in [-0.05, 0) is 39.5 Å². The van der Waals surface area contributed by atoms with E-state index >= 15 is 0 Å². The highest BCUT2D eigenvalue weighted by Crippen LogP contribution is 2.21. The molecule has 32 heavy (non-hydrogen) atoms. The number of carbonyl (C=O) groups excluding carboxylic acids is 3. The minimum atomic E-state index is -1.51. The number of ether oxygens (including phenoxy) is 1. The molecular formula is C21H35N3O8. The molecule has 3 amide bonds. The Morgan fingerprint density at radius 3 is 2.06 bits per heavy atom. The second kappa shape index (κ2) is 11.7. The minimum Gasteiger partial charge on any atom is -0.481 e. The van der Waals surface area contributed by atoms with Gasteiger partial charge in [0.15, 0.2) is 0 Å². The number of nitrogens with zero attached hydrogens (tertiary/aromatic N) is 1. The lowest BCUT2D eigenvalue weighted by atomic mass is 9.93. The van der Waals surface area contributed by atoms with Crippen molar-refractivity contribution in [2.45, 2.75) is 78.0 Å². The second-order valence-corrected chi connectivity index (χ2v) is 9.11. The first kappa shape index (κ1) is 27.2. The van der Waals surface area contributed by atoms with Crippen molar-refractivity contribution < 1.29 is 38.9 Å². The van der Waals surface area contributed by atoms with Crippen LogP contribution in [0.1, 0.15) is 60.3 Å². The highest BCUT2D eigenvalue weighted by molar-refractivity contribution is 5.88. The third kappa shape index (κ3) is 8.72. The lowest BCUT2D eigenvalue weighted by Gasteiger charge is -2.35. The van der Waals surface area contributed by atoms with Crippen molar-refractivity contribution in [2.75, 3.05) is 13.1 Å². The molecule has 0 radical (unpaired) electrons. The molecule has 11 nitrogen and oxygen atoms in total. The van der Waals surface area contributed by atoms with E-state index in [4.69, 9.17) is 14.9 Å². The second-order valence-electron chi connectivity index (χ2n) is 9.11. The lowest BCUT2D eigenvalue weighted by molar-refractivity contribution is -0.148. The molecule has 0 bridgehead atoms. The number of piperidine rings is 1. The number of aliphatic carboxylic acids is 2. The van der Waals surface area contributed by atoms with Crippen LogP contribution in [0.25, 0.3) is 0 Å². The minimum absolute atomic E-state index is 0.136. The number of hydrogen-bond donors (Lipinski definition) is 4. The summed E-state index contributed by atoms with van der Waals surface area (Å²) in [7, 11) is 0. The van der Waals surface area contributed by atoms with Crippen LogP contribution in [0.15, 0.2) is 0 Å². The van der Waals surface area contributed by atoms with Crippen molar-refractivity contribution in [1.29, 1.82) is 0 Å². The van der Waals surface area contributed by atoms with Crippen LogP contribution < -0.4 is 10.6 Å². The number of rotatable bonds is 9. The summed E-state index contributed by atoms with van der Waals surface area (Å²) in [5.41, 5.74) is -0.701. The SMILES string of the molecule is CCC(C)[C@H](NC(=O)OC(C)(C)C)C(=O)N1CCC(C(=O)N[C@@H](CC(=O)O)C(=O)O)CC1. The maximum absolute atomic E-state index is 13.1. The molecule has 1 aliphatic rings. The Bertz CT molecular complexity index is 710. The number of alkyl carbamates (subject to hydrolysis) is 1. The number of carboxylic acids is 2. The third-order valence-corrected chi connectivity index (χ3v) is 5.32. The van der Waals surface area contributed by atoms with Crippen molar-refractivity contribution in [3.05, 3.63) is 0 Å². The summed E-state index contributed by atoms with van der Waals surface area (Å²) < 4.78 is 5.27. The Kier molecular flexibility index (Phi) is 9.92. The highest BCUT2D eigenvalue weighted by Gasteiger charge is 2.35. The average Bonchev–Trinajstić information content (AvgIpc) is 2.68. The van der Waals surface area contributed by atoms with Gasteiger partial charge in [-0.1, -0.05) is 20.3 Å². The van der Waals surface area contributed by atoms with Gasteiger partial charge in [-0.15, -0.1) is 0 Å². The molecule has 0 aliphatic carbocycles. The topological polar surface area (TPSA) is 162 Å². The summed E-state index contributed by atoms with van der Waals surface area (Å²) in [4.78, 5) is 61.2. The van der Waals surface area contributed by atoms with Gasteiger partial charge in [-0.2, -0.15) is 0 Å². The van der Waals surface area contributed by atoms with Crippen molar-refractivity contribution >= 4 is 29.8 Å². The van der Waals surface area contributed by atoms with Crippen molar-refractivity contribution in [1.82, 2.24) is 15.5 Å². The Balaban J connectivity index is 2.72. The van der Waals surface area contributed by atoms with Crippen LogP contribution in [0.2, 0.25) is 0 Å². The van der Waals surface area contributed by atoms with Gasteiger partial charge >= 0.3 is 18.0 Å². The van der Waals surface area contributed by atoms with Gasteiger partial charge in [-0.3, -0.25) is 14.4 Å². The summed E-state index contributed by atoms with van der Waals surface area (Å²) in [6.45, 7) is 9.48. The summed E-state index contributed by atoms with van der Waals surface area (Å²) in [5, 5.41) is 22.8. The molecule has 0 aromatic carbocycles. The van der Waals surface area contributed by atoms with Crippen molar-refractivity contribution in [2.24, 2.45) is 11.8 Å². The fourth-order valence-electron chi connectivity index (χ4n) is 3.34. The van der Waals surface area contributed by atoms with E-state index in [2.05, 4.69) is 10.6 Å². The molecule has 1 fully saturated rings. The van der Waals surface area contributed by atoms with Crippen molar-refractivity contribution in [3.63, 3.8) is 0 Å². The highest BCUT2D eigenvalue weighted by atomic mass is 16.6. The Morgan fingerprint density at radius 2 is 1.62 bits per heavy atom. The molecule has 0 spiro atoms. The summed E-state index contributed by atoms with van der Waals surface area (Å²) in [5.74, 6) is -4.22. The van der Waals surface area contributed by atoms with E-state index in [0.29, 0.717) is 19.3 Å². The zero-order chi connectivity index (χ0) is 24.6. The van der Waals surface area contributed by atoms with E-state index in [1.165, 1.54) is 0 Å². The molecule has 0 aromatic heterocycles. The summed E-state index contributed by atoms with van der Waals surface area (Å²) >= 11 is 0. The average molecular weight is 458 g/mol. The normalized spacial score (nSPS) is 17.6. The van der Waals surface area contributed by atoms with Gasteiger partial charge in [0, 0.05) is 19.0 Å². The van der Waals surface area contributed by atoms with Crippen molar-refractivity contribution in [3.8, 4) is 0 Å². The molecule has 182 valence electrons. The van der Waals surface area contributed by atoms with E-state index in [-0.39, 0.29) is 24.9 Å². The maximum Gasteiger partial charge on any atom is 0.408 e. The molecule has 1 aliphatic heterocycles. The van der Waals surface area contributed by atoms with Gasteiger partial charge in [0.1, 0.15) is 17.7 Å². The summed E-state index contributed by atoms with van der Waals surface area (Å²) in [6, 6.07) is -2.28. The molecule has 1 heterocycles.